The normalized spacial score (nSPS) is 21.9. The molecule has 0 aromatic carbocycles. The molecular weight excluding hydrogens is 493 g/mol. The minimum Gasteiger partial charge on any atom is -0.468 e. The molecule has 3 heterocycles. The fourth-order valence-corrected chi connectivity index (χ4v) is 5.81. The third-order valence-corrected chi connectivity index (χ3v) is 7.83. The maximum Gasteiger partial charge on any atom is 0.422 e. The fourth-order valence-electron chi connectivity index (χ4n) is 5.01. The number of fused-ring (bicyclic) bond motifs is 1. The van der Waals surface area contributed by atoms with Crippen LogP contribution in [0.1, 0.15) is 46.8 Å². The van der Waals surface area contributed by atoms with E-state index in [-0.39, 0.29) is 23.7 Å². The molecule has 0 radical (unpaired) electrons. The summed E-state index contributed by atoms with van der Waals surface area (Å²) in [4.78, 5) is 24.0. The molecule has 1 amide bonds. The molecule has 1 aliphatic heterocycles. The van der Waals surface area contributed by atoms with Crippen molar-refractivity contribution in [2.75, 3.05) is 26.2 Å². The van der Waals surface area contributed by atoms with Crippen molar-refractivity contribution in [1.29, 1.82) is 0 Å². The van der Waals surface area contributed by atoms with Gasteiger partial charge in [0.1, 0.15) is 0 Å². The van der Waals surface area contributed by atoms with Crippen LogP contribution in [0.25, 0.3) is 0 Å². The lowest BCUT2D eigenvalue weighted by molar-refractivity contribution is -0.154. The van der Waals surface area contributed by atoms with Gasteiger partial charge in [0.15, 0.2) is 6.61 Å². The second-order valence-electron chi connectivity index (χ2n) is 9.73. The number of ether oxygens (including phenoxy) is 1. The molecule has 2 N–H and O–H groups in total. The molecule has 2 aromatic heterocycles. The number of aryl methyl sites for hydroxylation is 1. The Morgan fingerprint density at radius 3 is 2.69 bits per heavy atom. The summed E-state index contributed by atoms with van der Waals surface area (Å²) in [5.41, 5.74) is 1.77. The van der Waals surface area contributed by atoms with E-state index in [1.165, 1.54) is 17.4 Å². The Bertz CT molecular complexity index is 1020. The number of amides is 1. The van der Waals surface area contributed by atoms with Crippen LogP contribution in [-0.4, -0.2) is 70.4 Å². The van der Waals surface area contributed by atoms with Gasteiger partial charge in [-0.3, -0.25) is 4.79 Å². The van der Waals surface area contributed by atoms with E-state index < -0.39 is 18.9 Å². The predicted molar refractivity (Wildman–Crippen MR) is 130 cm³/mol. The molecule has 11 heteroatoms. The van der Waals surface area contributed by atoms with Crippen molar-refractivity contribution in [3.63, 3.8) is 0 Å². The molecule has 7 nitrogen and oxygen atoms in total. The van der Waals surface area contributed by atoms with Gasteiger partial charge in [-0.15, -0.1) is 11.3 Å². The number of hydrogen-bond acceptors (Lipinski definition) is 7. The molecule has 0 saturated heterocycles. The second kappa shape index (κ2) is 11.9. The highest BCUT2D eigenvalue weighted by Gasteiger charge is 2.30. The molecule has 4 rings (SSSR count). The van der Waals surface area contributed by atoms with E-state index in [9.17, 15) is 23.1 Å². The fraction of sp³-hybridized carbons (Fsp3) is 0.640. The standard InChI is InChI=1S/C25H33F3N4O3S/c1-16-29-13-20(36-16)12-23(34)30-19-5-2-18(3-6-19)22(33)14-32-10-8-17-4-7-24(31-21(17)9-11-32)35-15-25(26,27)28/h4,7,13,18-19,22,33H,2-3,5-6,8-12,14-15H2,1H3,(H,30,34). The number of carbonyl (C=O) groups is 1. The third-order valence-electron chi connectivity index (χ3n) is 6.92. The van der Waals surface area contributed by atoms with Crippen molar-refractivity contribution in [2.45, 2.75) is 70.2 Å². The van der Waals surface area contributed by atoms with Gasteiger partial charge < -0.3 is 20.1 Å². The van der Waals surface area contributed by atoms with Crippen LogP contribution >= 0.6 is 11.3 Å². The van der Waals surface area contributed by atoms with Crippen molar-refractivity contribution in [1.82, 2.24) is 20.2 Å². The van der Waals surface area contributed by atoms with E-state index in [4.69, 9.17) is 4.74 Å². The van der Waals surface area contributed by atoms with Crippen LogP contribution < -0.4 is 10.1 Å². The van der Waals surface area contributed by atoms with E-state index in [1.54, 1.807) is 12.3 Å². The number of nitrogens with one attached hydrogen (secondary N) is 1. The van der Waals surface area contributed by atoms with Crippen LogP contribution in [0.5, 0.6) is 5.88 Å². The van der Waals surface area contributed by atoms with Crippen molar-refractivity contribution in [3.8, 4) is 5.88 Å². The summed E-state index contributed by atoms with van der Waals surface area (Å²) in [5.74, 6) is 0.200. The van der Waals surface area contributed by atoms with Gasteiger partial charge in [0.25, 0.3) is 0 Å². The van der Waals surface area contributed by atoms with Gasteiger partial charge in [-0.1, -0.05) is 6.07 Å². The van der Waals surface area contributed by atoms with Crippen molar-refractivity contribution >= 4 is 17.2 Å². The van der Waals surface area contributed by atoms with Crippen molar-refractivity contribution < 1.29 is 27.8 Å². The van der Waals surface area contributed by atoms with E-state index in [0.29, 0.717) is 25.9 Å². The minimum atomic E-state index is -4.40. The average molecular weight is 527 g/mol. The lowest BCUT2D eigenvalue weighted by atomic mass is 9.82. The number of thiazole rings is 1. The first kappa shape index (κ1) is 26.8. The Hall–Kier alpha value is -2.24. The minimum absolute atomic E-state index is 0.00872. The summed E-state index contributed by atoms with van der Waals surface area (Å²) < 4.78 is 42.1. The van der Waals surface area contributed by atoms with Crippen LogP contribution in [0.3, 0.4) is 0 Å². The summed E-state index contributed by atoms with van der Waals surface area (Å²) in [6.45, 7) is 2.57. The molecular formula is C25H33F3N4O3S. The molecule has 0 bridgehead atoms. The molecule has 1 unspecified atom stereocenters. The highest BCUT2D eigenvalue weighted by Crippen LogP contribution is 2.28. The maximum atomic E-state index is 12.4. The quantitative estimate of drug-likeness (QED) is 0.548. The molecule has 1 atom stereocenters. The molecule has 1 aliphatic carbocycles. The number of hydrogen-bond donors (Lipinski definition) is 2. The van der Waals surface area contributed by atoms with Gasteiger partial charge in [-0.2, -0.15) is 13.2 Å². The Morgan fingerprint density at radius 1 is 1.25 bits per heavy atom. The monoisotopic (exact) mass is 526 g/mol. The molecule has 198 valence electrons. The number of rotatable bonds is 8. The Morgan fingerprint density at radius 2 is 2.00 bits per heavy atom. The van der Waals surface area contributed by atoms with E-state index in [1.807, 2.05) is 6.92 Å². The largest absolute Gasteiger partial charge is 0.468 e. The number of alkyl halides is 3. The van der Waals surface area contributed by atoms with Gasteiger partial charge >= 0.3 is 6.18 Å². The summed E-state index contributed by atoms with van der Waals surface area (Å²) >= 11 is 1.54. The highest BCUT2D eigenvalue weighted by molar-refractivity contribution is 7.11. The number of aliphatic hydroxyl groups excluding tert-OH is 1. The summed E-state index contributed by atoms with van der Waals surface area (Å²) in [7, 11) is 0. The lowest BCUT2D eigenvalue weighted by Gasteiger charge is -2.34. The second-order valence-corrected chi connectivity index (χ2v) is 11.0. The number of β-amino-alcohol motifs (C(OH)–C–C–N with tert-alkyl or cyclic N) is 1. The van der Waals surface area contributed by atoms with Gasteiger partial charge in [0.2, 0.25) is 11.8 Å². The van der Waals surface area contributed by atoms with Crippen LogP contribution in [0.4, 0.5) is 13.2 Å². The van der Waals surface area contributed by atoms with Crippen LogP contribution in [-0.2, 0) is 24.1 Å². The first-order chi connectivity index (χ1) is 17.1. The molecule has 1 saturated carbocycles. The van der Waals surface area contributed by atoms with E-state index in [2.05, 4.69) is 20.2 Å². The Balaban J connectivity index is 1.19. The first-order valence-corrected chi connectivity index (χ1v) is 13.3. The number of halogens is 3. The number of aliphatic hydroxyl groups is 1. The average Bonchev–Trinajstić information content (AvgIpc) is 3.12. The first-order valence-electron chi connectivity index (χ1n) is 12.4. The lowest BCUT2D eigenvalue weighted by Crippen LogP contribution is -2.43. The summed E-state index contributed by atoms with van der Waals surface area (Å²) in [6.07, 6.45) is 2.02. The zero-order valence-corrected chi connectivity index (χ0v) is 21.2. The third kappa shape index (κ3) is 7.88. The molecule has 1 fully saturated rings. The molecule has 0 spiro atoms. The molecule has 2 aromatic rings. The predicted octanol–water partition coefficient (Wildman–Crippen LogP) is 3.47. The Labute approximate surface area is 213 Å². The number of nitrogens with zero attached hydrogens (tertiary/aromatic N) is 3. The van der Waals surface area contributed by atoms with Crippen molar-refractivity contribution in [3.05, 3.63) is 39.5 Å². The smallest absolute Gasteiger partial charge is 0.422 e. The zero-order valence-electron chi connectivity index (χ0n) is 20.4. The maximum absolute atomic E-state index is 12.4. The SMILES string of the molecule is Cc1ncc(CC(=O)NC2CCC(C(O)CN3CCc4ccc(OCC(F)(F)F)nc4CC3)CC2)s1. The zero-order chi connectivity index (χ0) is 25.7. The number of pyridine rings is 1. The van der Waals surface area contributed by atoms with Crippen LogP contribution in [0.15, 0.2) is 18.3 Å². The topological polar surface area (TPSA) is 87.6 Å². The van der Waals surface area contributed by atoms with Gasteiger partial charge in [-0.05, 0) is 50.5 Å². The summed E-state index contributed by atoms with van der Waals surface area (Å²) in [6, 6.07) is 3.42. The number of carbonyl (C=O) groups excluding carboxylic acids is 1. The summed E-state index contributed by atoms with van der Waals surface area (Å²) in [5, 5.41) is 15.0. The molecule has 2 aliphatic rings. The van der Waals surface area contributed by atoms with Gasteiger partial charge in [0.05, 0.1) is 17.5 Å². The van der Waals surface area contributed by atoms with Crippen LogP contribution in [0, 0.1) is 12.8 Å². The van der Waals surface area contributed by atoms with Gasteiger partial charge in [-0.25, -0.2) is 9.97 Å². The number of aromatic nitrogens is 2. The van der Waals surface area contributed by atoms with E-state index >= 15 is 0 Å². The Kier molecular flexibility index (Phi) is 8.84. The van der Waals surface area contributed by atoms with Gasteiger partial charge in [0, 0.05) is 54.9 Å². The van der Waals surface area contributed by atoms with Crippen molar-refractivity contribution in [2.24, 2.45) is 5.92 Å². The highest BCUT2D eigenvalue weighted by atomic mass is 32.1. The van der Waals surface area contributed by atoms with Crippen LogP contribution in [0.2, 0.25) is 0 Å². The molecule has 36 heavy (non-hydrogen) atoms. The van der Waals surface area contributed by atoms with E-state index in [0.717, 1.165) is 59.8 Å².